The lowest BCUT2D eigenvalue weighted by Crippen LogP contribution is -2.39. The van der Waals surface area contributed by atoms with Gasteiger partial charge in [0.05, 0.1) is 24.0 Å². The molecule has 0 amide bonds. The van der Waals surface area contributed by atoms with E-state index in [0.717, 1.165) is 24.3 Å². The lowest BCUT2D eigenvalue weighted by Gasteiger charge is -2.23. The van der Waals surface area contributed by atoms with Crippen LogP contribution in [0.3, 0.4) is 0 Å². The van der Waals surface area contributed by atoms with Crippen LogP contribution in [-0.2, 0) is 19.1 Å². The largest absolute Gasteiger partial charge is 0.481 e. The Morgan fingerprint density at radius 2 is 1.28 bits per heavy atom. The maximum Gasteiger partial charge on any atom is 0.312 e. The SMILES string of the molecule is CCCCCCCCCCCCCCCCSCCOC(=O)C1C2CCC(O2)C1C(=O)O. The predicted octanol–water partition coefficient (Wildman–Crippen LogP) is 6.62. The van der Waals surface area contributed by atoms with Crippen molar-refractivity contribution in [3.63, 3.8) is 0 Å². The number of carboxylic acid groups (broad SMARTS) is 1. The van der Waals surface area contributed by atoms with E-state index in [9.17, 15) is 14.7 Å². The van der Waals surface area contributed by atoms with Gasteiger partial charge in [0.25, 0.3) is 0 Å². The van der Waals surface area contributed by atoms with Gasteiger partial charge in [0.1, 0.15) is 6.61 Å². The molecule has 2 bridgehead atoms. The Morgan fingerprint density at radius 3 is 1.81 bits per heavy atom. The van der Waals surface area contributed by atoms with Crippen molar-refractivity contribution in [3.05, 3.63) is 0 Å². The Bertz CT molecular complexity index is 526. The topological polar surface area (TPSA) is 72.8 Å². The van der Waals surface area contributed by atoms with Crippen LogP contribution in [0.5, 0.6) is 0 Å². The van der Waals surface area contributed by atoms with E-state index in [-0.39, 0.29) is 18.2 Å². The van der Waals surface area contributed by atoms with Crippen molar-refractivity contribution in [3.8, 4) is 0 Å². The number of thioether (sulfide) groups is 1. The fraction of sp³-hybridized carbons (Fsp3) is 0.923. The van der Waals surface area contributed by atoms with Crippen molar-refractivity contribution in [1.82, 2.24) is 0 Å². The Labute approximate surface area is 199 Å². The van der Waals surface area contributed by atoms with Gasteiger partial charge in [-0.15, -0.1) is 0 Å². The van der Waals surface area contributed by atoms with Gasteiger partial charge in [0, 0.05) is 5.75 Å². The minimum absolute atomic E-state index is 0.267. The standard InChI is InChI=1S/C26H46O5S/c1-2-3-4-5-6-7-8-9-10-11-12-13-14-15-19-32-20-18-30-26(29)24-22-17-16-21(31-22)23(24)25(27)28/h21-24H,2-20H2,1H3,(H,27,28). The van der Waals surface area contributed by atoms with Gasteiger partial charge in [-0.25, -0.2) is 0 Å². The second-order valence-corrected chi connectivity index (χ2v) is 10.8. The highest BCUT2D eigenvalue weighted by atomic mass is 32.2. The summed E-state index contributed by atoms with van der Waals surface area (Å²) in [6, 6.07) is 0. The molecular formula is C26H46O5S. The Kier molecular flexibility index (Phi) is 14.4. The van der Waals surface area contributed by atoms with E-state index < -0.39 is 17.8 Å². The van der Waals surface area contributed by atoms with Crippen molar-refractivity contribution in [2.24, 2.45) is 11.8 Å². The first kappa shape index (κ1) is 27.5. The number of fused-ring (bicyclic) bond motifs is 2. The second kappa shape index (κ2) is 16.8. The molecule has 4 atom stereocenters. The quantitative estimate of drug-likeness (QED) is 0.159. The summed E-state index contributed by atoms with van der Waals surface area (Å²) >= 11 is 1.82. The second-order valence-electron chi connectivity index (χ2n) is 9.56. The van der Waals surface area contributed by atoms with Gasteiger partial charge in [-0.05, 0) is 25.0 Å². The van der Waals surface area contributed by atoms with E-state index in [1.54, 1.807) is 0 Å². The molecule has 4 unspecified atom stereocenters. The molecule has 0 radical (unpaired) electrons. The summed E-state index contributed by atoms with van der Waals surface area (Å²) in [5.74, 6) is -0.798. The molecule has 0 saturated carbocycles. The summed E-state index contributed by atoms with van der Waals surface area (Å²) in [6.45, 7) is 2.64. The number of rotatable bonds is 20. The molecule has 0 aromatic rings. The molecule has 1 N–H and O–H groups in total. The van der Waals surface area contributed by atoms with Gasteiger partial charge in [-0.1, -0.05) is 90.4 Å². The zero-order chi connectivity index (χ0) is 23.0. The number of hydrogen-bond donors (Lipinski definition) is 1. The highest BCUT2D eigenvalue weighted by Crippen LogP contribution is 2.44. The molecule has 2 heterocycles. The van der Waals surface area contributed by atoms with Gasteiger partial charge >= 0.3 is 11.9 Å². The average molecular weight is 471 g/mol. The molecule has 0 aliphatic carbocycles. The number of carbonyl (C=O) groups excluding carboxylic acids is 1. The molecule has 6 heteroatoms. The number of unbranched alkanes of at least 4 members (excludes halogenated alkanes) is 13. The Morgan fingerprint density at radius 1 is 0.781 bits per heavy atom. The van der Waals surface area contributed by atoms with Crippen molar-refractivity contribution in [2.45, 2.75) is 122 Å². The maximum atomic E-state index is 12.3. The molecule has 2 aliphatic heterocycles. The van der Waals surface area contributed by atoms with Crippen LogP contribution >= 0.6 is 11.8 Å². The van der Waals surface area contributed by atoms with E-state index >= 15 is 0 Å². The van der Waals surface area contributed by atoms with Crippen molar-refractivity contribution in [2.75, 3.05) is 18.1 Å². The molecule has 186 valence electrons. The molecule has 0 aromatic carbocycles. The molecule has 0 spiro atoms. The van der Waals surface area contributed by atoms with Crippen LogP contribution in [0.4, 0.5) is 0 Å². The van der Waals surface area contributed by atoms with Crippen molar-refractivity contribution in [1.29, 1.82) is 0 Å². The third kappa shape index (κ3) is 10.0. The van der Waals surface area contributed by atoms with Gasteiger partial charge in [-0.2, -0.15) is 11.8 Å². The Hall–Kier alpha value is -0.750. The Balaban J connectivity index is 1.33. The molecule has 2 saturated heterocycles. The van der Waals surface area contributed by atoms with Gasteiger partial charge in [0.15, 0.2) is 0 Å². The fourth-order valence-electron chi connectivity index (χ4n) is 5.09. The summed E-state index contributed by atoms with van der Waals surface area (Å²) in [5, 5.41) is 9.39. The lowest BCUT2D eigenvalue weighted by atomic mass is 9.79. The first-order valence-electron chi connectivity index (χ1n) is 13.3. The minimum Gasteiger partial charge on any atom is -0.481 e. The van der Waals surface area contributed by atoms with E-state index in [2.05, 4.69) is 6.92 Å². The summed E-state index contributed by atoms with van der Waals surface area (Å²) < 4.78 is 11.0. The average Bonchev–Trinajstić information content (AvgIpc) is 3.40. The van der Waals surface area contributed by atoms with Crippen LogP contribution in [0, 0.1) is 11.8 Å². The van der Waals surface area contributed by atoms with E-state index in [1.807, 2.05) is 11.8 Å². The number of hydrogen-bond acceptors (Lipinski definition) is 5. The first-order valence-corrected chi connectivity index (χ1v) is 14.4. The number of carboxylic acids is 1. The zero-order valence-corrected chi connectivity index (χ0v) is 21.0. The molecule has 2 aliphatic rings. The third-order valence-corrected chi connectivity index (χ3v) is 7.98. The van der Waals surface area contributed by atoms with Crippen LogP contribution in [-0.4, -0.2) is 47.4 Å². The minimum atomic E-state index is -0.939. The van der Waals surface area contributed by atoms with Crippen LogP contribution in [0.15, 0.2) is 0 Å². The number of carbonyl (C=O) groups is 2. The fourth-order valence-corrected chi connectivity index (χ4v) is 5.90. The summed E-state index contributed by atoms with van der Waals surface area (Å²) in [4.78, 5) is 23.8. The van der Waals surface area contributed by atoms with E-state index in [0.29, 0.717) is 6.61 Å². The van der Waals surface area contributed by atoms with Gasteiger partial charge < -0.3 is 14.6 Å². The van der Waals surface area contributed by atoms with Crippen LogP contribution in [0.25, 0.3) is 0 Å². The summed E-state index contributed by atoms with van der Waals surface area (Å²) in [6.07, 6.45) is 20.1. The maximum absolute atomic E-state index is 12.3. The van der Waals surface area contributed by atoms with Crippen LogP contribution in [0.2, 0.25) is 0 Å². The van der Waals surface area contributed by atoms with E-state index in [4.69, 9.17) is 9.47 Å². The highest BCUT2D eigenvalue weighted by molar-refractivity contribution is 7.99. The normalized spacial score (nSPS) is 24.2. The molecule has 5 nitrogen and oxygen atoms in total. The first-order chi connectivity index (χ1) is 15.6. The van der Waals surface area contributed by atoms with E-state index in [1.165, 1.54) is 89.9 Å². The molecule has 0 aromatic heterocycles. The summed E-state index contributed by atoms with van der Waals surface area (Å²) in [7, 11) is 0. The van der Waals surface area contributed by atoms with Crippen molar-refractivity contribution < 1.29 is 24.2 Å². The number of aliphatic carboxylic acids is 1. The van der Waals surface area contributed by atoms with Crippen LogP contribution < -0.4 is 0 Å². The smallest absolute Gasteiger partial charge is 0.312 e. The lowest BCUT2D eigenvalue weighted by molar-refractivity contribution is -0.157. The number of esters is 1. The highest BCUT2D eigenvalue weighted by Gasteiger charge is 2.56. The summed E-state index contributed by atoms with van der Waals surface area (Å²) in [5.41, 5.74) is 0. The molecule has 2 rings (SSSR count). The zero-order valence-electron chi connectivity index (χ0n) is 20.2. The monoisotopic (exact) mass is 470 g/mol. The number of ether oxygens (including phenoxy) is 2. The van der Waals surface area contributed by atoms with Crippen LogP contribution in [0.1, 0.15) is 110 Å². The van der Waals surface area contributed by atoms with Gasteiger partial charge in [0.2, 0.25) is 0 Å². The molecular weight excluding hydrogens is 424 g/mol. The predicted molar refractivity (Wildman–Crippen MR) is 131 cm³/mol. The molecule has 2 fully saturated rings. The molecule has 32 heavy (non-hydrogen) atoms. The van der Waals surface area contributed by atoms with Gasteiger partial charge in [-0.3, -0.25) is 9.59 Å². The van der Waals surface area contributed by atoms with Crippen molar-refractivity contribution >= 4 is 23.7 Å². The third-order valence-electron chi connectivity index (χ3n) is 6.94.